The molecule has 0 unspecified atom stereocenters. The Kier molecular flexibility index (Phi) is 3.48. The molecule has 0 aliphatic carbocycles. The van der Waals surface area contributed by atoms with E-state index in [1.165, 1.54) is 0 Å². The highest BCUT2D eigenvalue weighted by atomic mass is 16.2. The molecule has 0 bridgehead atoms. The minimum Gasteiger partial charge on any atom is -0.339 e. The summed E-state index contributed by atoms with van der Waals surface area (Å²) in [5.41, 5.74) is 6.19. The van der Waals surface area contributed by atoms with Crippen LogP contribution in [0, 0.1) is 5.92 Å². The van der Waals surface area contributed by atoms with Crippen LogP contribution in [0.25, 0.3) is 0 Å². The van der Waals surface area contributed by atoms with Gasteiger partial charge < -0.3 is 10.6 Å². The predicted octanol–water partition coefficient (Wildman–Crippen LogP) is 0.760. The summed E-state index contributed by atoms with van der Waals surface area (Å²) in [4.78, 5) is 13.4. The van der Waals surface area contributed by atoms with Crippen molar-refractivity contribution < 1.29 is 4.79 Å². The summed E-state index contributed by atoms with van der Waals surface area (Å²) < 4.78 is 0. The lowest BCUT2D eigenvalue weighted by Gasteiger charge is -2.31. The number of hydrogen-bond acceptors (Lipinski definition) is 2. The highest BCUT2D eigenvalue weighted by molar-refractivity contribution is 5.92. The van der Waals surface area contributed by atoms with E-state index in [1.54, 1.807) is 6.92 Å². The van der Waals surface area contributed by atoms with E-state index in [1.807, 2.05) is 4.90 Å². The summed E-state index contributed by atoms with van der Waals surface area (Å²) >= 11 is 0. The molecule has 0 spiro atoms. The third kappa shape index (κ3) is 2.56. The molecule has 13 heavy (non-hydrogen) atoms. The molecule has 0 aromatic carbocycles. The van der Waals surface area contributed by atoms with Crippen molar-refractivity contribution in [2.24, 2.45) is 11.7 Å². The lowest BCUT2D eigenvalue weighted by Crippen LogP contribution is -2.40. The van der Waals surface area contributed by atoms with Crippen molar-refractivity contribution in [2.75, 3.05) is 19.6 Å². The monoisotopic (exact) mass is 182 g/mol. The number of carbonyl (C=O) groups is 1. The van der Waals surface area contributed by atoms with Crippen LogP contribution in [0.4, 0.5) is 0 Å². The zero-order valence-electron chi connectivity index (χ0n) is 8.25. The number of rotatable bonds is 2. The molecule has 3 nitrogen and oxygen atoms in total. The molecule has 0 radical (unpaired) electrons. The van der Waals surface area contributed by atoms with E-state index >= 15 is 0 Å². The van der Waals surface area contributed by atoms with Gasteiger partial charge in [0.2, 0.25) is 5.91 Å². The third-order valence-corrected chi connectivity index (χ3v) is 2.60. The van der Waals surface area contributed by atoms with Crippen molar-refractivity contribution in [3.8, 4) is 0 Å². The topological polar surface area (TPSA) is 46.3 Å². The summed E-state index contributed by atoms with van der Waals surface area (Å²) in [6.07, 6.45) is 2.07. The van der Waals surface area contributed by atoms with Gasteiger partial charge in [0.1, 0.15) is 0 Å². The molecule has 1 fully saturated rings. The van der Waals surface area contributed by atoms with Gasteiger partial charge in [0.05, 0.1) is 0 Å². The molecular weight excluding hydrogens is 164 g/mol. The van der Waals surface area contributed by atoms with Crippen LogP contribution in [0.3, 0.4) is 0 Å². The van der Waals surface area contributed by atoms with Gasteiger partial charge in [-0.2, -0.15) is 0 Å². The van der Waals surface area contributed by atoms with Crippen LogP contribution in [-0.2, 0) is 4.79 Å². The third-order valence-electron chi connectivity index (χ3n) is 2.60. The number of piperidine rings is 1. The Labute approximate surface area is 79.6 Å². The Morgan fingerprint density at radius 1 is 1.54 bits per heavy atom. The SMILES string of the molecule is C=C(C)C(=O)N1CCC(CN)CC1. The maximum absolute atomic E-state index is 11.5. The molecule has 1 heterocycles. The molecule has 1 aliphatic rings. The molecule has 0 aromatic heterocycles. The Bertz CT molecular complexity index is 205. The average molecular weight is 182 g/mol. The molecule has 2 N–H and O–H groups in total. The van der Waals surface area contributed by atoms with Crippen molar-refractivity contribution in [1.29, 1.82) is 0 Å². The molecule has 74 valence electrons. The van der Waals surface area contributed by atoms with Crippen molar-refractivity contribution >= 4 is 5.91 Å². The predicted molar refractivity (Wildman–Crippen MR) is 53.2 cm³/mol. The highest BCUT2D eigenvalue weighted by Crippen LogP contribution is 2.16. The molecule has 1 rings (SSSR count). The number of amides is 1. The van der Waals surface area contributed by atoms with Crippen LogP contribution in [0.15, 0.2) is 12.2 Å². The van der Waals surface area contributed by atoms with Gasteiger partial charge in [-0.1, -0.05) is 6.58 Å². The minimum atomic E-state index is 0.0930. The van der Waals surface area contributed by atoms with Crippen molar-refractivity contribution in [3.63, 3.8) is 0 Å². The molecule has 0 atom stereocenters. The van der Waals surface area contributed by atoms with Gasteiger partial charge in [0, 0.05) is 18.7 Å². The van der Waals surface area contributed by atoms with E-state index in [-0.39, 0.29) is 5.91 Å². The van der Waals surface area contributed by atoms with Crippen LogP contribution in [0.5, 0.6) is 0 Å². The van der Waals surface area contributed by atoms with E-state index in [0.717, 1.165) is 32.5 Å². The van der Waals surface area contributed by atoms with Crippen LogP contribution in [0.1, 0.15) is 19.8 Å². The van der Waals surface area contributed by atoms with Crippen molar-refractivity contribution in [3.05, 3.63) is 12.2 Å². The maximum atomic E-state index is 11.5. The second kappa shape index (κ2) is 4.42. The van der Waals surface area contributed by atoms with Gasteiger partial charge in [-0.3, -0.25) is 4.79 Å². The zero-order valence-corrected chi connectivity index (χ0v) is 8.25. The fourth-order valence-electron chi connectivity index (χ4n) is 1.64. The van der Waals surface area contributed by atoms with E-state index < -0.39 is 0 Å². The Morgan fingerprint density at radius 3 is 2.46 bits per heavy atom. The first kappa shape index (κ1) is 10.3. The lowest BCUT2D eigenvalue weighted by molar-refractivity contribution is -0.128. The smallest absolute Gasteiger partial charge is 0.248 e. The number of carbonyl (C=O) groups excluding carboxylic acids is 1. The maximum Gasteiger partial charge on any atom is 0.248 e. The van der Waals surface area contributed by atoms with Gasteiger partial charge in [-0.15, -0.1) is 0 Å². The lowest BCUT2D eigenvalue weighted by atomic mass is 9.97. The number of likely N-dealkylation sites (tertiary alicyclic amines) is 1. The molecule has 0 saturated carbocycles. The van der Waals surface area contributed by atoms with E-state index in [9.17, 15) is 4.79 Å². The molecule has 1 amide bonds. The van der Waals surface area contributed by atoms with Gasteiger partial charge >= 0.3 is 0 Å². The minimum absolute atomic E-state index is 0.0930. The second-order valence-corrected chi connectivity index (χ2v) is 3.75. The fraction of sp³-hybridized carbons (Fsp3) is 0.700. The average Bonchev–Trinajstić information content (AvgIpc) is 2.17. The number of nitrogens with two attached hydrogens (primary N) is 1. The summed E-state index contributed by atoms with van der Waals surface area (Å²) in [5.74, 6) is 0.699. The quantitative estimate of drug-likeness (QED) is 0.641. The first-order chi connectivity index (χ1) is 6.15. The Morgan fingerprint density at radius 2 is 2.08 bits per heavy atom. The fourth-order valence-corrected chi connectivity index (χ4v) is 1.64. The van der Waals surface area contributed by atoms with Crippen LogP contribution in [-0.4, -0.2) is 30.4 Å². The normalized spacial score (nSPS) is 18.8. The van der Waals surface area contributed by atoms with Crippen LogP contribution in [0.2, 0.25) is 0 Å². The standard InChI is InChI=1S/C10H18N2O/c1-8(2)10(13)12-5-3-9(7-11)4-6-12/h9H,1,3-7,11H2,2H3. The Hall–Kier alpha value is -0.830. The number of hydrogen-bond donors (Lipinski definition) is 1. The van der Waals surface area contributed by atoms with Gasteiger partial charge in [-0.25, -0.2) is 0 Å². The van der Waals surface area contributed by atoms with Crippen molar-refractivity contribution in [1.82, 2.24) is 4.90 Å². The molecule has 1 aliphatic heterocycles. The van der Waals surface area contributed by atoms with E-state index in [4.69, 9.17) is 5.73 Å². The van der Waals surface area contributed by atoms with Gasteiger partial charge in [0.25, 0.3) is 0 Å². The summed E-state index contributed by atoms with van der Waals surface area (Å²) in [6.45, 7) is 7.84. The largest absolute Gasteiger partial charge is 0.339 e. The van der Waals surface area contributed by atoms with E-state index in [2.05, 4.69) is 6.58 Å². The van der Waals surface area contributed by atoms with Gasteiger partial charge in [0.15, 0.2) is 0 Å². The van der Waals surface area contributed by atoms with Crippen molar-refractivity contribution in [2.45, 2.75) is 19.8 Å². The molecule has 3 heteroatoms. The molecule has 0 aromatic rings. The Balaban J connectivity index is 2.41. The zero-order chi connectivity index (χ0) is 9.84. The van der Waals surface area contributed by atoms with Gasteiger partial charge in [-0.05, 0) is 32.2 Å². The second-order valence-electron chi connectivity index (χ2n) is 3.75. The van der Waals surface area contributed by atoms with Crippen LogP contribution < -0.4 is 5.73 Å². The molecular formula is C10H18N2O. The highest BCUT2D eigenvalue weighted by Gasteiger charge is 2.21. The van der Waals surface area contributed by atoms with E-state index in [0.29, 0.717) is 11.5 Å². The first-order valence-electron chi connectivity index (χ1n) is 4.80. The number of nitrogens with zero attached hydrogens (tertiary/aromatic N) is 1. The summed E-state index contributed by atoms with van der Waals surface area (Å²) in [7, 11) is 0. The summed E-state index contributed by atoms with van der Waals surface area (Å²) in [5, 5.41) is 0. The summed E-state index contributed by atoms with van der Waals surface area (Å²) in [6, 6.07) is 0. The first-order valence-corrected chi connectivity index (χ1v) is 4.80. The van der Waals surface area contributed by atoms with Crippen LogP contribution >= 0.6 is 0 Å². The molecule has 1 saturated heterocycles.